The van der Waals surface area contributed by atoms with Crippen LogP contribution >= 0.6 is 15.9 Å². The second-order valence-electron chi connectivity index (χ2n) is 4.27. The molecule has 0 saturated carbocycles. The van der Waals surface area contributed by atoms with E-state index in [1.807, 2.05) is 0 Å². The number of aromatic nitrogens is 4. The van der Waals surface area contributed by atoms with Gasteiger partial charge in [0.25, 0.3) is 0 Å². The second-order valence-corrected chi connectivity index (χ2v) is 4.98. The molecule has 0 N–H and O–H groups in total. The van der Waals surface area contributed by atoms with Crippen LogP contribution < -0.4 is 0 Å². The third kappa shape index (κ3) is 5.56. The quantitative estimate of drug-likeness (QED) is 0.682. The minimum atomic E-state index is -4.36. The minimum absolute atomic E-state index is 0.206. The van der Waals surface area contributed by atoms with Gasteiger partial charge in [-0.05, 0) is 29.8 Å². The van der Waals surface area contributed by atoms with Gasteiger partial charge in [0.1, 0.15) is 0 Å². The van der Waals surface area contributed by atoms with Crippen molar-refractivity contribution in [3.8, 4) is 0 Å². The van der Waals surface area contributed by atoms with Crippen LogP contribution in [0.15, 0.2) is 23.5 Å². The monoisotopic (exact) mass is 406 g/mol. The van der Waals surface area contributed by atoms with Gasteiger partial charge in [-0.25, -0.2) is 9.97 Å². The molecule has 130 valence electrons. The van der Waals surface area contributed by atoms with E-state index in [4.69, 9.17) is 0 Å². The van der Waals surface area contributed by atoms with E-state index < -0.39 is 23.7 Å². The first-order valence-electron chi connectivity index (χ1n) is 6.37. The largest absolute Gasteiger partial charge is 0.434 e. The van der Waals surface area contributed by atoms with Gasteiger partial charge in [0.05, 0.1) is 6.33 Å². The summed E-state index contributed by atoms with van der Waals surface area (Å²) in [6.07, 6.45) is -5.55. The summed E-state index contributed by atoms with van der Waals surface area (Å²) in [7, 11) is 0. The first-order chi connectivity index (χ1) is 10.5. The molecule has 0 unspecified atom stereocenters. The van der Waals surface area contributed by atoms with Crippen molar-refractivity contribution in [1.29, 1.82) is 0 Å². The Morgan fingerprint density at radius 2 is 1.52 bits per heavy atom. The molecule has 0 bridgehead atoms. The Morgan fingerprint density at radius 1 is 0.957 bits per heavy atom. The fourth-order valence-corrected chi connectivity index (χ4v) is 1.98. The average molecular weight is 407 g/mol. The van der Waals surface area contributed by atoms with E-state index >= 15 is 0 Å². The van der Waals surface area contributed by atoms with Crippen LogP contribution in [-0.2, 0) is 25.4 Å². The number of imidazole rings is 2. The van der Waals surface area contributed by atoms with Crippen LogP contribution in [0.1, 0.15) is 25.2 Å². The summed E-state index contributed by atoms with van der Waals surface area (Å²) in [5, 5.41) is 0. The molecule has 2 heterocycles. The summed E-state index contributed by atoms with van der Waals surface area (Å²) in [6.45, 7) is 4.46. The maximum atomic E-state index is 12.0. The Morgan fingerprint density at radius 3 is 1.78 bits per heavy atom. The maximum absolute atomic E-state index is 12.0. The molecule has 2 aromatic rings. The van der Waals surface area contributed by atoms with E-state index in [2.05, 4.69) is 25.9 Å². The lowest BCUT2D eigenvalue weighted by Gasteiger charge is -1.99. The van der Waals surface area contributed by atoms with E-state index in [1.54, 1.807) is 13.8 Å². The SMILES string of the molecule is CCn1cc(C(F)(F)F)nc1Br.CCn1cnc(C(F)(F)F)c1. The van der Waals surface area contributed by atoms with Crippen LogP contribution in [0, 0.1) is 0 Å². The lowest BCUT2D eigenvalue weighted by molar-refractivity contribution is -0.141. The average Bonchev–Trinajstić information content (AvgIpc) is 3.04. The number of hydrogen-bond donors (Lipinski definition) is 0. The molecular weight excluding hydrogens is 394 g/mol. The van der Waals surface area contributed by atoms with E-state index in [1.165, 1.54) is 15.5 Å². The molecule has 2 rings (SSSR count). The molecule has 0 aliphatic carbocycles. The van der Waals surface area contributed by atoms with Gasteiger partial charge < -0.3 is 9.13 Å². The van der Waals surface area contributed by atoms with Gasteiger partial charge in [-0.2, -0.15) is 26.3 Å². The summed E-state index contributed by atoms with van der Waals surface area (Å²) in [5.41, 5.74) is -1.70. The number of hydrogen-bond acceptors (Lipinski definition) is 2. The number of halogens is 7. The van der Waals surface area contributed by atoms with Gasteiger partial charge in [-0.15, -0.1) is 0 Å². The number of aryl methyl sites for hydroxylation is 2. The van der Waals surface area contributed by atoms with Gasteiger partial charge in [-0.3, -0.25) is 0 Å². The molecule has 0 saturated heterocycles. The Hall–Kier alpha value is -1.52. The molecule has 4 nitrogen and oxygen atoms in total. The highest BCUT2D eigenvalue weighted by molar-refractivity contribution is 9.10. The summed E-state index contributed by atoms with van der Waals surface area (Å²) in [6, 6.07) is 0. The van der Waals surface area contributed by atoms with Gasteiger partial charge in [0.15, 0.2) is 16.1 Å². The van der Waals surface area contributed by atoms with Crippen LogP contribution in [0.3, 0.4) is 0 Å². The molecule has 0 fully saturated rings. The van der Waals surface area contributed by atoms with E-state index in [0.29, 0.717) is 13.1 Å². The van der Waals surface area contributed by atoms with Crippen molar-refractivity contribution in [2.75, 3.05) is 0 Å². The van der Waals surface area contributed by atoms with Crippen molar-refractivity contribution in [2.24, 2.45) is 0 Å². The summed E-state index contributed by atoms with van der Waals surface area (Å²) >= 11 is 2.92. The molecule has 11 heteroatoms. The van der Waals surface area contributed by atoms with Crippen molar-refractivity contribution in [2.45, 2.75) is 39.3 Å². The van der Waals surface area contributed by atoms with Crippen molar-refractivity contribution in [3.05, 3.63) is 34.8 Å². The third-order valence-electron chi connectivity index (χ3n) is 2.65. The molecule has 0 aliphatic rings. The Labute approximate surface area is 136 Å². The summed E-state index contributed by atoms with van der Waals surface area (Å²) in [5.74, 6) is 0. The van der Waals surface area contributed by atoms with E-state index in [-0.39, 0.29) is 4.73 Å². The third-order valence-corrected chi connectivity index (χ3v) is 3.28. The van der Waals surface area contributed by atoms with Crippen LogP contribution in [0.25, 0.3) is 0 Å². The molecule has 0 amide bonds. The van der Waals surface area contributed by atoms with Gasteiger partial charge >= 0.3 is 12.4 Å². The number of nitrogens with zero attached hydrogens (tertiary/aromatic N) is 4. The zero-order valence-electron chi connectivity index (χ0n) is 12.1. The maximum Gasteiger partial charge on any atom is 0.434 e. The highest BCUT2D eigenvalue weighted by Gasteiger charge is 2.34. The van der Waals surface area contributed by atoms with E-state index in [9.17, 15) is 26.3 Å². The van der Waals surface area contributed by atoms with Gasteiger partial charge in [0, 0.05) is 25.5 Å². The highest BCUT2D eigenvalue weighted by Crippen LogP contribution is 2.29. The number of rotatable bonds is 2. The topological polar surface area (TPSA) is 35.6 Å². The molecular formula is C12H13BrF6N4. The molecule has 0 aromatic carbocycles. The van der Waals surface area contributed by atoms with E-state index in [0.717, 1.165) is 12.4 Å². The fraction of sp³-hybridized carbons (Fsp3) is 0.500. The summed E-state index contributed by atoms with van der Waals surface area (Å²) in [4.78, 5) is 6.50. The molecule has 2 aromatic heterocycles. The zero-order valence-corrected chi connectivity index (χ0v) is 13.7. The van der Waals surface area contributed by atoms with Gasteiger partial charge in [0.2, 0.25) is 0 Å². The normalized spacial score (nSPS) is 12.0. The molecule has 23 heavy (non-hydrogen) atoms. The molecule has 0 aliphatic heterocycles. The highest BCUT2D eigenvalue weighted by atomic mass is 79.9. The minimum Gasteiger partial charge on any atom is -0.337 e. The van der Waals surface area contributed by atoms with Crippen molar-refractivity contribution in [1.82, 2.24) is 19.1 Å². The number of alkyl halides is 6. The standard InChI is InChI=1S/C6H6BrF3N2.C6H7F3N2/c1-2-12-3-4(6(8,9)10)11-5(12)7;1-2-11-3-5(10-4-11)6(7,8)9/h3H,2H2,1H3;3-4H,2H2,1H3. The van der Waals surface area contributed by atoms with Crippen molar-refractivity contribution >= 4 is 15.9 Å². The van der Waals surface area contributed by atoms with Crippen molar-refractivity contribution in [3.63, 3.8) is 0 Å². The molecule has 0 radical (unpaired) electrons. The van der Waals surface area contributed by atoms with Crippen LogP contribution in [0.5, 0.6) is 0 Å². The fourth-order valence-electron chi connectivity index (χ4n) is 1.43. The van der Waals surface area contributed by atoms with Crippen LogP contribution in [-0.4, -0.2) is 19.1 Å². The Bertz CT molecular complexity index is 628. The first kappa shape index (κ1) is 19.5. The smallest absolute Gasteiger partial charge is 0.337 e. The van der Waals surface area contributed by atoms with Crippen molar-refractivity contribution < 1.29 is 26.3 Å². The van der Waals surface area contributed by atoms with Crippen LogP contribution in [0.4, 0.5) is 26.3 Å². The lowest BCUT2D eigenvalue weighted by atomic mass is 10.5. The first-order valence-corrected chi connectivity index (χ1v) is 7.17. The predicted molar refractivity (Wildman–Crippen MR) is 73.5 cm³/mol. The zero-order chi connectivity index (χ0) is 17.8. The Balaban J connectivity index is 0.000000231. The summed E-state index contributed by atoms with van der Waals surface area (Å²) < 4.78 is 74.6. The van der Waals surface area contributed by atoms with Gasteiger partial charge in [-0.1, -0.05) is 0 Å². The second kappa shape index (κ2) is 7.37. The molecule has 0 atom stereocenters. The van der Waals surface area contributed by atoms with Crippen LogP contribution in [0.2, 0.25) is 0 Å². The predicted octanol–water partition coefficient (Wildman–Crippen LogP) is 4.61. The Kier molecular flexibility index (Phi) is 6.25. The lowest BCUT2D eigenvalue weighted by Crippen LogP contribution is -2.04. The molecule has 0 spiro atoms.